The van der Waals surface area contributed by atoms with E-state index in [1.165, 1.54) is 6.92 Å². The number of anilines is 1. The lowest BCUT2D eigenvalue weighted by molar-refractivity contribution is -0.387. The molecule has 0 amide bonds. The maximum atomic E-state index is 11.0. The predicted molar refractivity (Wildman–Crippen MR) is 66.2 cm³/mol. The Bertz CT molecular complexity index is 438. The lowest BCUT2D eigenvalue weighted by atomic mass is 10.2. The Hall–Kier alpha value is -1.96. The monoisotopic (exact) mass is 255 g/mol. The number of nitrogen functional groups attached to an aromatic ring is 1. The van der Waals surface area contributed by atoms with Crippen LogP contribution in [0.3, 0.4) is 0 Å². The number of nitrogens with one attached hydrogen (secondary N) is 1. The van der Waals surface area contributed by atoms with Crippen molar-refractivity contribution in [2.45, 2.75) is 39.7 Å². The molecule has 0 bridgehead atoms. The third-order valence-electron chi connectivity index (χ3n) is 2.35. The first kappa shape index (κ1) is 14.1. The molecular formula is C10H17N5O3. The molecule has 0 radical (unpaired) electrons. The van der Waals surface area contributed by atoms with Crippen LogP contribution in [0.5, 0.6) is 5.88 Å². The largest absolute Gasteiger partial charge is 0.470 e. The molecule has 0 saturated carbocycles. The number of aryl methyl sites for hydroxylation is 1. The fourth-order valence-corrected chi connectivity index (χ4v) is 1.55. The number of ether oxygens (including phenoxy) is 1. The molecule has 8 nitrogen and oxygen atoms in total. The average molecular weight is 255 g/mol. The summed E-state index contributed by atoms with van der Waals surface area (Å²) in [5.41, 5.74) is 2.24. The molecule has 0 aliphatic heterocycles. The van der Waals surface area contributed by atoms with E-state index in [-0.39, 0.29) is 29.3 Å². The van der Waals surface area contributed by atoms with Gasteiger partial charge in [0, 0.05) is 0 Å². The second-order valence-electron chi connectivity index (χ2n) is 3.90. The Labute approximate surface area is 105 Å². The molecule has 0 aromatic carbocycles. The summed E-state index contributed by atoms with van der Waals surface area (Å²) in [6.07, 6.45) is 1.54. The van der Waals surface area contributed by atoms with Gasteiger partial charge < -0.3 is 4.74 Å². The Balaban J connectivity index is 3.13. The third kappa shape index (κ3) is 3.27. The minimum absolute atomic E-state index is 0.0543. The minimum Gasteiger partial charge on any atom is -0.470 e. The number of hydrogen-bond acceptors (Lipinski definition) is 7. The summed E-state index contributed by atoms with van der Waals surface area (Å²) in [7, 11) is 0. The summed E-state index contributed by atoms with van der Waals surface area (Å²) < 4.78 is 5.48. The molecule has 0 saturated heterocycles. The van der Waals surface area contributed by atoms with E-state index < -0.39 is 4.92 Å². The highest BCUT2D eigenvalue weighted by atomic mass is 16.6. The Kier molecular flexibility index (Phi) is 4.78. The molecule has 8 heteroatoms. The van der Waals surface area contributed by atoms with E-state index in [4.69, 9.17) is 10.6 Å². The van der Waals surface area contributed by atoms with E-state index in [9.17, 15) is 10.1 Å². The van der Waals surface area contributed by atoms with Gasteiger partial charge >= 0.3 is 5.69 Å². The summed E-state index contributed by atoms with van der Waals surface area (Å²) in [6.45, 7) is 5.35. The molecule has 1 atom stereocenters. The van der Waals surface area contributed by atoms with Crippen molar-refractivity contribution < 1.29 is 9.66 Å². The highest BCUT2D eigenvalue weighted by Gasteiger charge is 2.24. The maximum absolute atomic E-state index is 11.0. The third-order valence-corrected chi connectivity index (χ3v) is 2.35. The van der Waals surface area contributed by atoms with Crippen LogP contribution in [0.1, 0.15) is 32.4 Å². The standard InChI is InChI=1S/C10H17N5O3/c1-4-5-6(2)18-9-8(15(16)17)7(3)12-10(13-9)14-11/h6H,4-5,11H2,1-3H3,(H,12,13,14). The second-order valence-corrected chi connectivity index (χ2v) is 3.90. The summed E-state index contributed by atoms with van der Waals surface area (Å²) in [4.78, 5) is 18.2. The van der Waals surface area contributed by atoms with E-state index >= 15 is 0 Å². The van der Waals surface area contributed by atoms with Crippen LogP contribution in [0.4, 0.5) is 11.6 Å². The zero-order chi connectivity index (χ0) is 13.7. The molecule has 0 aliphatic carbocycles. The number of nitrogens with zero attached hydrogens (tertiary/aromatic N) is 3. The first-order chi connectivity index (χ1) is 8.49. The number of nitro groups is 1. The average Bonchev–Trinajstić information content (AvgIpc) is 2.27. The van der Waals surface area contributed by atoms with Crippen molar-refractivity contribution in [1.29, 1.82) is 0 Å². The molecule has 1 aromatic heterocycles. The zero-order valence-electron chi connectivity index (χ0n) is 10.6. The van der Waals surface area contributed by atoms with Crippen molar-refractivity contribution in [2.24, 2.45) is 5.84 Å². The molecule has 1 heterocycles. The topological polar surface area (TPSA) is 116 Å². The van der Waals surface area contributed by atoms with Gasteiger partial charge in [-0.2, -0.15) is 4.98 Å². The molecule has 1 aromatic rings. The van der Waals surface area contributed by atoms with Crippen LogP contribution < -0.4 is 16.0 Å². The molecule has 3 N–H and O–H groups in total. The van der Waals surface area contributed by atoms with E-state index in [1.807, 2.05) is 13.8 Å². The van der Waals surface area contributed by atoms with Crippen LogP contribution >= 0.6 is 0 Å². The van der Waals surface area contributed by atoms with Gasteiger partial charge in [-0.05, 0) is 20.3 Å². The predicted octanol–water partition coefficient (Wildman–Crippen LogP) is 1.55. The van der Waals surface area contributed by atoms with Crippen molar-refractivity contribution in [2.75, 3.05) is 5.43 Å². The van der Waals surface area contributed by atoms with Gasteiger partial charge in [0.15, 0.2) is 0 Å². The van der Waals surface area contributed by atoms with Crippen LogP contribution in [-0.4, -0.2) is 21.0 Å². The minimum atomic E-state index is -0.552. The van der Waals surface area contributed by atoms with Gasteiger partial charge in [0.05, 0.1) is 11.0 Å². The SMILES string of the molecule is CCCC(C)Oc1nc(NN)nc(C)c1[N+](=O)[O-]. The van der Waals surface area contributed by atoms with Crippen LogP contribution in [-0.2, 0) is 0 Å². The normalized spacial score (nSPS) is 12.0. The summed E-state index contributed by atoms with van der Waals surface area (Å²) in [5.74, 6) is 5.24. The van der Waals surface area contributed by atoms with Crippen molar-refractivity contribution >= 4 is 11.6 Å². The second kappa shape index (κ2) is 6.10. The van der Waals surface area contributed by atoms with E-state index in [1.54, 1.807) is 0 Å². The Morgan fingerprint density at radius 1 is 1.56 bits per heavy atom. The number of hydrogen-bond donors (Lipinski definition) is 2. The lowest BCUT2D eigenvalue weighted by Crippen LogP contribution is -2.17. The highest BCUT2D eigenvalue weighted by Crippen LogP contribution is 2.29. The first-order valence-corrected chi connectivity index (χ1v) is 5.65. The summed E-state index contributed by atoms with van der Waals surface area (Å²) in [5, 5.41) is 11.0. The zero-order valence-corrected chi connectivity index (χ0v) is 10.6. The number of rotatable bonds is 6. The molecule has 1 unspecified atom stereocenters. The summed E-state index contributed by atoms with van der Waals surface area (Å²) in [6, 6.07) is 0. The van der Waals surface area contributed by atoms with Crippen molar-refractivity contribution in [1.82, 2.24) is 9.97 Å². The van der Waals surface area contributed by atoms with Gasteiger partial charge in [0.2, 0.25) is 5.95 Å². The van der Waals surface area contributed by atoms with Gasteiger partial charge in [0.1, 0.15) is 5.69 Å². The molecule has 0 aliphatic rings. The first-order valence-electron chi connectivity index (χ1n) is 5.65. The van der Waals surface area contributed by atoms with Gasteiger partial charge in [-0.25, -0.2) is 10.8 Å². The molecule has 100 valence electrons. The molecule has 0 spiro atoms. The Morgan fingerprint density at radius 2 is 2.22 bits per heavy atom. The van der Waals surface area contributed by atoms with E-state index in [0.29, 0.717) is 0 Å². The van der Waals surface area contributed by atoms with Crippen LogP contribution in [0.15, 0.2) is 0 Å². The summed E-state index contributed by atoms with van der Waals surface area (Å²) >= 11 is 0. The van der Waals surface area contributed by atoms with Crippen molar-refractivity contribution in [3.8, 4) is 5.88 Å². The van der Waals surface area contributed by atoms with Crippen molar-refractivity contribution in [3.05, 3.63) is 15.8 Å². The number of aromatic nitrogens is 2. The fraction of sp³-hybridized carbons (Fsp3) is 0.600. The smallest absolute Gasteiger partial charge is 0.352 e. The van der Waals surface area contributed by atoms with Crippen LogP contribution in [0.25, 0.3) is 0 Å². The number of nitrogens with two attached hydrogens (primary N) is 1. The quantitative estimate of drug-likeness (QED) is 0.450. The van der Waals surface area contributed by atoms with Crippen molar-refractivity contribution in [3.63, 3.8) is 0 Å². The maximum Gasteiger partial charge on any atom is 0.352 e. The fourth-order valence-electron chi connectivity index (χ4n) is 1.55. The van der Waals surface area contributed by atoms with E-state index in [0.717, 1.165) is 12.8 Å². The van der Waals surface area contributed by atoms with Crippen LogP contribution in [0, 0.1) is 17.0 Å². The Morgan fingerprint density at radius 3 is 2.72 bits per heavy atom. The molecule has 1 rings (SSSR count). The van der Waals surface area contributed by atoms with Gasteiger partial charge in [-0.15, -0.1) is 0 Å². The molecule has 18 heavy (non-hydrogen) atoms. The highest BCUT2D eigenvalue weighted by molar-refractivity contribution is 5.48. The number of hydrazine groups is 1. The lowest BCUT2D eigenvalue weighted by Gasteiger charge is -2.14. The van der Waals surface area contributed by atoms with Gasteiger partial charge in [-0.3, -0.25) is 15.5 Å². The van der Waals surface area contributed by atoms with Crippen LogP contribution in [0.2, 0.25) is 0 Å². The molecular weight excluding hydrogens is 238 g/mol. The van der Waals surface area contributed by atoms with Gasteiger partial charge in [0.25, 0.3) is 5.88 Å². The van der Waals surface area contributed by atoms with E-state index in [2.05, 4.69) is 15.4 Å². The molecule has 0 fully saturated rings. The van der Waals surface area contributed by atoms with Gasteiger partial charge in [-0.1, -0.05) is 13.3 Å².